The summed E-state index contributed by atoms with van der Waals surface area (Å²) < 4.78 is 2.44. The number of aromatic nitrogens is 2. The molecule has 3 aromatic carbocycles. The van der Waals surface area contributed by atoms with Gasteiger partial charge in [-0.2, -0.15) is 0 Å². The first-order chi connectivity index (χ1) is 16.6. The molecule has 3 unspecified atom stereocenters. The molecule has 0 aliphatic heterocycles. The van der Waals surface area contributed by atoms with E-state index in [0.29, 0.717) is 0 Å². The van der Waals surface area contributed by atoms with Crippen molar-refractivity contribution in [3.63, 3.8) is 0 Å². The summed E-state index contributed by atoms with van der Waals surface area (Å²) in [5.74, 6) is 0.442. The van der Waals surface area contributed by atoms with Gasteiger partial charge in [-0.25, -0.2) is 4.98 Å². The molecule has 0 spiro atoms. The molecule has 0 aliphatic rings. The van der Waals surface area contributed by atoms with Gasteiger partial charge in [0.05, 0.1) is 18.1 Å². The van der Waals surface area contributed by atoms with Crippen molar-refractivity contribution >= 4 is 0 Å². The molecule has 35 heavy (non-hydrogen) atoms. The third kappa shape index (κ3) is 4.47. The van der Waals surface area contributed by atoms with Crippen LogP contribution in [-0.2, 0) is 0 Å². The maximum absolute atomic E-state index is 5.12. The van der Waals surface area contributed by atoms with E-state index in [9.17, 15) is 0 Å². The Kier molecular flexibility index (Phi) is 7.03. The zero-order chi connectivity index (χ0) is 25.4. The molecular weight excluding hydrogens is 424 g/mol. The fourth-order valence-electron chi connectivity index (χ4n) is 5.63. The highest BCUT2D eigenvalue weighted by molar-refractivity contribution is 5.46. The summed E-state index contributed by atoms with van der Waals surface area (Å²) in [6.07, 6.45) is 2.08. The van der Waals surface area contributed by atoms with Gasteiger partial charge in [0.1, 0.15) is 0 Å². The van der Waals surface area contributed by atoms with E-state index in [0.717, 1.165) is 0 Å². The molecule has 0 saturated carbocycles. The number of imidazole rings is 1. The van der Waals surface area contributed by atoms with Crippen LogP contribution in [0.3, 0.4) is 0 Å². The van der Waals surface area contributed by atoms with Crippen molar-refractivity contribution < 1.29 is 0 Å². The van der Waals surface area contributed by atoms with E-state index in [4.69, 9.17) is 4.98 Å². The number of benzene rings is 3. The fraction of sp³-hybridized carbons (Fsp3) is 0.364. The van der Waals surface area contributed by atoms with Crippen LogP contribution in [0.1, 0.15) is 100 Å². The predicted octanol–water partition coefficient (Wildman–Crippen LogP) is 8.65. The lowest BCUT2D eigenvalue weighted by molar-refractivity contribution is 0.588. The quantitative estimate of drug-likeness (QED) is 0.279. The standard InChI is InChI=1S/C33H40N2/c1-20-13-10-16-29(23(20)4)26(7)32-33(27(8)30-17-11-14-21(2)24(30)5)35(19-34-32)28(9)31-18-12-15-22(3)25(31)6/h10-19,26-28H,1-9H3. The number of nitrogens with zero attached hydrogens (tertiary/aromatic N) is 2. The monoisotopic (exact) mass is 464 g/mol. The summed E-state index contributed by atoms with van der Waals surface area (Å²) in [6.45, 7) is 20.3. The summed E-state index contributed by atoms with van der Waals surface area (Å²) >= 11 is 0. The second-order valence-corrected chi connectivity index (χ2v) is 10.4. The SMILES string of the molecule is Cc1cccc(C(C)c2ncn(C(C)c3cccc(C)c3C)c2C(C)c2cccc(C)c2C)c1C. The highest BCUT2D eigenvalue weighted by Gasteiger charge is 2.28. The lowest BCUT2D eigenvalue weighted by Gasteiger charge is -2.26. The van der Waals surface area contributed by atoms with E-state index in [-0.39, 0.29) is 17.9 Å². The van der Waals surface area contributed by atoms with Gasteiger partial charge in [-0.3, -0.25) is 0 Å². The van der Waals surface area contributed by atoms with Crippen LogP contribution in [-0.4, -0.2) is 9.55 Å². The Labute approximate surface area is 212 Å². The Bertz CT molecular complexity index is 1280. The van der Waals surface area contributed by atoms with Gasteiger partial charge < -0.3 is 4.57 Å². The van der Waals surface area contributed by atoms with Gasteiger partial charge in [-0.15, -0.1) is 0 Å². The van der Waals surface area contributed by atoms with Crippen LogP contribution in [0.2, 0.25) is 0 Å². The van der Waals surface area contributed by atoms with Crippen LogP contribution in [0.15, 0.2) is 60.9 Å². The molecule has 0 aliphatic carbocycles. The number of hydrogen-bond acceptors (Lipinski definition) is 1. The molecule has 1 heterocycles. The smallest absolute Gasteiger partial charge is 0.0957 e. The van der Waals surface area contributed by atoms with E-state index in [1.54, 1.807) is 0 Å². The molecule has 0 amide bonds. The lowest BCUT2D eigenvalue weighted by Crippen LogP contribution is -2.16. The van der Waals surface area contributed by atoms with E-state index >= 15 is 0 Å². The maximum atomic E-state index is 5.12. The summed E-state index contributed by atoms with van der Waals surface area (Å²) in [4.78, 5) is 5.12. The van der Waals surface area contributed by atoms with Crippen molar-refractivity contribution in [3.05, 3.63) is 122 Å². The molecule has 182 valence electrons. The number of rotatable bonds is 6. The average Bonchev–Trinajstić information content (AvgIpc) is 3.28. The van der Waals surface area contributed by atoms with E-state index < -0.39 is 0 Å². The van der Waals surface area contributed by atoms with E-state index in [2.05, 4.69) is 128 Å². The maximum Gasteiger partial charge on any atom is 0.0957 e. The van der Waals surface area contributed by atoms with Crippen molar-refractivity contribution in [2.75, 3.05) is 0 Å². The Hall–Kier alpha value is -3.13. The van der Waals surface area contributed by atoms with Crippen LogP contribution in [0.4, 0.5) is 0 Å². The first-order valence-corrected chi connectivity index (χ1v) is 12.9. The molecule has 0 radical (unpaired) electrons. The number of hydrogen-bond donors (Lipinski definition) is 0. The predicted molar refractivity (Wildman–Crippen MR) is 149 cm³/mol. The van der Waals surface area contributed by atoms with Gasteiger partial charge in [-0.05, 0) is 98.5 Å². The average molecular weight is 465 g/mol. The van der Waals surface area contributed by atoms with Crippen molar-refractivity contribution in [2.45, 2.75) is 80.2 Å². The van der Waals surface area contributed by atoms with Crippen molar-refractivity contribution in [1.29, 1.82) is 0 Å². The van der Waals surface area contributed by atoms with E-state index in [1.165, 1.54) is 61.5 Å². The summed E-state index contributed by atoms with van der Waals surface area (Å²) in [5.41, 5.74) is 14.7. The van der Waals surface area contributed by atoms with Crippen LogP contribution in [0.25, 0.3) is 0 Å². The fourth-order valence-corrected chi connectivity index (χ4v) is 5.63. The van der Waals surface area contributed by atoms with Crippen LogP contribution < -0.4 is 0 Å². The van der Waals surface area contributed by atoms with Gasteiger partial charge in [0.15, 0.2) is 0 Å². The summed E-state index contributed by atoms with van der Waals surface area (Å²) in [7, 11) is 0. The molecule has 4 aromatic rings. The topological polar surface area (TPSA) is 17.8 Å². The summed E-state index contributed by atoms with van der Waals surface area (Å²) in [5, 5.41) is 0. The van der Waals surface area contributed by atoms with Crippen molar-refractivity contribution in [1.82, 2.24) is 9.55 Å². The largest absolute Gasteiger partial charge is 0.326 e. The molecule has 0 fully saturated rings. The second kappa shape index (κ2) is 9.85. The molecule has 0 bridgehead atoms. The zero-order valence-corrected chi connectivity index (χ0v) is 22.9. The minimum Gasteiger partial charge on any atom is -0.326 e. The van der Waals surface area contributed by atoms with Gasteiger partial charge in [-0.1, -0.05) is 68.4 Å². The molecule has 2 nitrogen and oxygen atoms in total. The highest BCUT2D eigenvalue weighted by Crippen LogP contribution is 2.39. The first-order valence-electron chi connectivity index (χ1n) is 12.9. The molecule has 0 N–H and O–H groups in total. The third-order valence-corrected chi connectivity index (χ3v) is 8.42. The van der Waals surface area contributed by atoms with Crippen LogP contribution >= 0.6 is 0 Å². The third-order valence-electron chi connectivity index (χ3n) is 8.42. The number of aryl methyl sites for hydroxylation is 3. The van der Waals surface area contributed by atoms with Crippen LogP contribution in [0, 0.1) is 41.5 Å². The van der Waals surface area contributed by atoms with Crippen molar-refractivity contribution in [2.24, 2.45) is 0 Å². The lowest BCUT2D eigenvalue weighted by atomic mass is 9.85. The molecule has 1 aromatic heterocycles. The zero-order valence-electron chi connectivity index (χ0n) is 22.9. The Morgan fingerprint density at radius 2 is 1.00 bits per heavy atom. The molecule has 2 heteroatoms. The molecule has 3 atom stereocenters. The molecule has 0 saturated heterocycles. The Morgan fingerprint density at radius 1 is 0.571 bits per heavy atom. The van der Waals surface area contributed by atoms with Crippen LogP contribution in [0.5, 0.6) is 0 Å². The first kappa shape index (κ1) is 25.0. The minimum absolute atomic E-state index is 0.199. The highest BCUT2D eigenvalue weighted by atomic mass is 15.1. The molecule has 4 rings (SSSR count). The Balaban J connectivity index is 1.93. The minimum atomic E-state index is 0.199. The van der Waals surface area contributed by atoms with Crippen molar-refractivity contribution in [3.8, 4) is 0 Å². The summed E-state index contributed by atoms with van der Waals surface area (Å²) in [6, 6.07) is 20.2. The van der Waals surface area contributed by atoms with E-state index in [1.807, 2.05) is 0 Å². The second-order valence-electron chi connectivity index (χ2n) is 10.4. The van der Waals surface area contributed by atoms with Gasteiger partial charge in [0.2, 0.25) is 0 Å². The van der Waals surface area contributed by atoms with Gasteiger partial charge in [0, 0.05) is 17.5 Å². The Morgan fingerprint density at radius 3 is 1.51 bits per heavy atom. The van der Waals surface area contributed by atoms with Gasteiger partial charge in [0.25, 0.3) is 0 Å². The normalized spacial score (nSPS) is 14.1. The van der Waals surface area contributed by atoms with Gasteiger partial charge >= 0.3 is 0 Å². The molecular formula is C33H40N2.